The predicted molar refractivity (Wildman–Crippen MR) is 143 cm³/mol. The molecule has 1 aromatic heterocycles. The summed E-state index contributed by atoms with van der Waals surface area (Å²) in [6.07, 6.45) is 4.44. The molecule has 0 unspecified atom stereocenters. The monoisotopic (exact) mass is 609 g/mol. The summed E-state index contributed by atoms with van der Waals surface area (Å²) in [5.74, 6) is -3.04. The van der Waals surface area contributed by atoms with Crippen LogP contribution in [0.5, 0.6) is 0 Å². The van der Waals surface area contributed by atoms with Crippen LogP contribution in [-0.4, -0.2) is 48.9 Å². The third-order valence-corrected chi connectivity index (χ3v) is 8.31. The molecule has 3 heterocycles. The van der Waals surface area contributed by atoms with Crippen molar-refractivity contribution < 1.29 is 18.4 Å². The molecular weight excluding hydrogens is 579 g/mol. The van der Waals surface area contributed by atoms with Crippen molar-refractivity contribution in [3.63, 3.8) is 0 Å². The molecule has 0 atom stereocenters. The van der Waals surface area contributed by atoms with Crippen molar-refractivity contribution in [2.75, 3.05) is 36.0 Å². The first kappa shape index (κ1) is 25.2. The number of halogens is 3. The molecular formula is C26H30F2IN5O2. The molecule has 10 heteroatoms. The van der Waals surface area contributed by atoms with Crippen LogP contribution in [-0.2, 0) is 0 Å². The maximum absolute atomic E-state index is 13.5. The van der Waals surface area contributed by atoms with Crippen LogP contribution < -0.4 is 20.7 Å². The molecule has 0 bridgehead atoms. The average molecular weight is 609 g/mol. The fraction of sp³-hybridized carbons (Fsp3) is 0.500. The van der Waals surface area contributed by atoms with Gasteiger partial charge in [-0.2, -0.15) is 0 Å². The third-order valence-electron chi connectivity index (χ3n) is 7.64. The molecule has 1 saturated carbocycles. The third kappa shape index (κ3) is 5.57. The number of benzene rings is 1. The van der Waals surface area contributed by atoms with Gasteiger partial charge in [-0.25, -0.2) is 13.8 Å². The number of rotatable bonds is 4. The van der Waals surface area contributed by atoms with Gasteiger partial charge >= 0.3 is 0 Å². The van der Waals surface area contributed by atoms with Crippen LogP contribution in [0.4, 0.5) is 20.3 Å². The van der Waals surface area contributed by atoms with E-state index < -0.39 is 11.8 Å². The van der Waals surface area contributed by atoms with Crippen LogP contribution in [0.1, 0.15) is 64.9 Å². The number of piperidine rings is 2. The van der Waals surface area contributed by atoms with E-state index in [1.807, 2.05) is 12.1 Å². The van der Waals surface area contributed by atoms with Crippen LogP contribution in [0.3, 0.4) is 0 Å². The van der Waals surface area contributed by atoms with Crippen molar-refractivity contribution in [2.45, 2.75) is 51.4 Å². The van der Waals surface area contributed by atoms with Gasteiger partial charge in [0.15, 0.2) is 0 Å². The van der Waals surface area contributed by atoms with E-state index >= 15 is 0 Å². The van der Waals surface area contributed by atoms with Gasteiger partial charge in [-0.3, -0.25) is 20.4 Å². The van der Waals surface area contributed by atoms with E-state index in [2.05, 4.69) is 43.3 Å². The Bertz CT molecular complexity index is 1170. The molecule has 2 N–H and O–H groups in total. The molecule has 3 fully saturated rings. The number of carbonyl (C=O) groups is 2. The zero-order chi connectivity index (χ0) is 25.5. The number of pyridine rings is 1. The quantitative estimate of drug-likeness (QED) is 0.389. The van der Waals surface area contributed by atoms with E-state index in [0.29, 0.717) is 28.1 Å². The fourth-order valence-electron chi connectivity index (χ4n) is 5.12. The largest absolute Gasteiger partial charge is 0.371 e. The summed E-state index contributed by atoms with van der Waals surface area (Å²) in [5, 5.41) is 0. The number of carbonyl (C=O) groups excluding carboxylic acids is 2. The second kappa shape index (κ2) is 9.75. The number of hydrogen-bond acceptors (Lipinski definition) is 5. The molecule has 192 valence electrons. The first-order chi connectivity index (χ1) is 17.1. The van der Waals surface area contributed by atoms with Gasteiger partial charge in [0.05, 0.1) is 11.3 Å². The SMILES string of the molecule is Cc1cc(C(=O)NNC(=O)c2ccc(I)cc2N2CCC3(CC2)CC3)cc(N2CCC(F)(F)CC2)n1. The standard InChI is InChI=1S/C26H30F2IN5O2/c1-17-14-18(15-22(30-17)34-12-8-26(27,28)9-13-34)23(35)31-32-24(36)20-3-2-19(29)16-21(20)33-10-6-25(4-5-25)7-11-33/h2-3,14-16H,4-13H2,1H3,(H,31,35)(H,32,36). The molecule has 2 aliphatic heterocycles. The van der Waals surface area contributed by atoms with Crippen molar-refractivity contribution in [1.82, 2.24) is 15.8 Å². The first-order valence-corrected chi connectivity index (χ1v) is 13.5. The first-order valence-electron chi connectivity index (χ1n) is 12.4. The molecule has 2 aromatic rings. The molecule has 7 nitrogen and oxygen atoms in total. The Morgan fingerprint density at radius 3 is 2.19 bits per heavy atom. The van der Waals surface area contributed by atoms with Gasteiger partial charge in [0, 0.05) is 53.8 Å². The van der Waals surface area contributed by atoms with Crippen LogP contribution in [0.15, 0.2) is 30.3 Å². The Morgan fingerprint density at radius 2 is 1.53 bits per heavy atom. The normalized spacial score (nSPS) is 20.2. The zero-order valence-electron chi connectivity index (χ0n) is 20.2. The Morgan fingerprint density at radius 1 is 0.889 bits per heavy atom. The zero-order valence-corrected chi connectivity index (χ0v) is 22.4. The van der Waals surface area contributed by atoms with Crippen LogP contribution in [0.25, 0.3) is 0 Å². The van der Waals surface area contributed by atoms with Gasteiger partial charge in [-0.1, -0.05) is 0 Å². The van der Waals surface area contributed by atoms with E-state index in [1.54, 1.807) is 30.0 Å². The lowest BCUT2D eigenvalue weighted by atomic mass is 9.93. The van der Waals surface area contributed by atoms with Gasteiger partial charge in [0.2, 0.25) is 0 Å². The topological polar surface area (TPSA) is 77.6 Å². The van der Waals surface area contributed by atoms with Crippen molar-refractivity contribution in [1.29, 1.82) is 0 Å². The van der Waals surface area contributed by atoms with E-state index in [-0.39, 0.29) is 31.8 Å². The van der Waals surface area contributed by atoms with Gasteiger partial charge in [-0.15, -0.1) is 0 Å². The summed E-state index contributed by atoms with van der Waals surface area (Å²) in [4.78, 5) is 34.4. The number of hydrazine groups is 1. The number of amides is 2. The molecule has 3 aliphatic rings. The highest BCUT2D eigenvalue weighted by Crippen LogP contribution is 2.54. The van der Waals surface area contributed by atoms with Gasteiger partial charge in [-0.05, 0) is 90.9 Å². The van der Waals surface area contributed by atoms with E-state index in [0.717, 1.165) is 35.2 Å². The van der Waals surface area contributed by atoms with Crippen molar-refractivity contribution >= 4 is 45.9 Å². The van der Waals surface area contributed by atoms with Crippen LogP contribution in [0, 0.1) is 15.9 Å². The van der Waals surface area contributed by atoms with Crippen molar-refractivity contribution in [3.05, 3.63) is 50.7 Å². The lowest BCUT2D eigenvalue weighted by Crippen LogP contribution is -2.43. The van der Waals surface area contributed by atoms with Crippen LogP contribution in [0.2, 0.25) is 0 Å². The van der Waals surface area contributed by atoms with E-state index in [4.69, 9.17) is 0 Å². The highest BCUT2D eigenvalue weighted by molar-refractivity contribution is 14.1. The van der Waals surface area contributed by atoms with Gasteiger partial charge < -0.3 is 9.80 Å². The summed E-state index contributed by atoms with van der Waals surface area (Å²) in [6.45, 7) is 3.95. The maximum Gasteiger partial charge on any atom is 0.271 e. The van der Waals surface area contributed by atoms with Gasteiger partial charge in [0.1, 0.15) is 5.82 Å². The maximum atomic E-state index is 13.5. The Kier molecular flexibility index (Phi) is 6.82. The molecule has 0 radical (unpaired) electrons. The van der Waals surface area contributed by atoms with E-state index in [1.165, 1.54) is 12.8 Å². The summed E-state index contributed by atoms with van der Waals surface area (Å²) in [7, 11) is 0. The molecule has 1 aliphatic carbocycles. The summed E-state index contributed by atoms with van der Waals surface area (Å²) < 4.78 is 28.1. The molecule has 2 amide bonds. The Balaban J connectivity index is 1.25. The van der Waals surface area contributed by atoms with Crippen molar-refractivity contribution in [3.8, 4) is 0 Å². The molecule has 1 aromatic carbocycles. The number of alkyl halides is 2. The Hall–Kier alpha value is -2.50. The van der Waals surface area contributed by atoms with Crippen molar-refractivity contribution in [2.24, 2.45) is 5.41 Å². The second-order valence-corrected chi connectivity index (χ2v) is 11.5. The lowest BCUT2D eigenvalue weighted by molar-refractivity contribution is -0.0221. The minimum Gasteiger partial charge on any atom is -0.371 e. The number of anilines is 2. The summed E-state index contributed by atoms with van der Waals surface area (Å²) in [6, 6.07) is 8.88. The molecule has 1 spiro atoms. The minimum absolute atomic E-state index is 0.175. The summed E-state index contributed by atoms with van der Waals surface area (Å²) in [5.41, 5.74) is 7.90. The summed E-state index contributed by atoms with van der Waals surface area (Å²) >= 11 is 2.25. The number of aromatic nitrogens is 1. The number of nitrogens with one attached hydrogen (secondary N) is 2. The van der Waals surface area contributed by atoms with Crippen LogP contribution >= 0.6 is 22.6 Å². The molecule has 36 heavy (non-hydrogen) atoms. The molecule has 5 rings (SSSR count). The molecule has 2 saturated heterocycles. The predicted octanol–water partition coefficient (Wildman–Crippen LogP) is 4.69. The van der Waals surface area contributed by atoms with Gasteiger partial charge in [0.25, 0.3) is 17.7 Å². The average Bonchev–Trinajstić information content (AvgIpc) is 3.61. The number of hydrogen-bond donors (Lipinski definition) is 2. The highest BCUT2D eigenvalue weighted by Gasteiger charge is 2.44. The Labute approximate surface area is 223 Å². The number of nitrogens with zero attached hydrogens (tertiary/aromatic N) is 3. The van der Waals surface area contributed by atoms with E-state index in [9.17, 15) is 18.4 Å². The lowest BCUT2D eigenvalue weighted by Gasteiger charge is -2.35. The highest BCUT2D eigenvalue weighted by atomic mass is 127. The minimum atomic E-state index is -2.66. The smallest absolute Gasteiger partial charge is 0.271 e. The second-order valence-electron chi connectivity index (χ2n) is 10.3. The number of aryl methyl sites for hydroxylation is 1. The fourth-order valence-corrected chi connectivity index (χ4v) is 5.59.